The van der Waals surface area contributed by atoms with E-state index in [1.165, 1.54) is 0 Å². The lowest BCUT2D eigenvalue weighted by Crippen LogP contribution is -2.22. The first-order valence-corrected chi connectivity index (χ1v) is 5.57. The molecule has 5 nitrogen and oxygen atoms in total. The third kappa shape index (κ3) is 3.55. The van der Waals surface area contributed by atoms with Crippen LogP contribution >= 0.6 is 0 Å². The minimum absolute atomic E-state index is 0.383. The highest BCUT2D eigenvalue weighted by Gasteiger charge is 2.08. The molecule has 0 spiro atoms. The van der Waals surface area contributed by atoms with Gasteiger partial charge in [-0.05, 0) is 26.0 Å². The van der Waals surface area contributed by atoms with E-state index in [4.69, 9.17) is 15.6 Å². The van der Waals surface area contributed by atoms with E-state index in [9.17, 15) is 4.79 Å². The number of rotatable bonds is 6. The van der Waals surface area contributed by atoms with E-state index in [2.05, 4.69) is 18.7 Å². The number of benzene rings is 1. The molecular formula is C12H18N2O3. The Labute approximate surface area is 101 Å². The summed E-state index contributed by atoms with van der Waals surface area (Å²) >= 11 is 0. The van der Waals surface area contributed by atoms with Crippen molar-refractivity contribution in [2.45, 2.75) is 13.8 Å². The van der Waals surface area contributed by atoms with Crippen LogP contribution in [-0.2, 0) is 4.79 Å². The van der Waals surface area contributed by atoms with Gasteiger partial charge in [-0.3, -0.25) is 0 Å². The van der Waals surface area contributed by atoms with Crippen LogP contribution in [-0.4, -0.2) is 30.8 Å². The summed E-state index contributed by atoms with van der Waals surface area (Å²) in [5.74, 6) is -0.602. The summed E-state index contributed by atoms with van der Waals surface area (Å²) in [5, 5.41) is 8.56. The average Bonchev–Trinajstić information content (AvgIpc) is 2.30. The summed E-state index contributed by atoms with van der Waals surface area (Å²) in [6.45, 7) is 5.47. The minimum Gasteiger partial charge on any atom is -0.480 e. The van der Waals surface area contributed by atoms with Crippen LogP contribution in [0.2, 0.25) is 0 Å². The van der Waals surface area contributed by atoms with Crippen molar-refractivity contribution in [3.63, 3.8) is 0 Å². The number of hydrogen-bond donors (Lipinski definition) is 2. The predicted octanol–water partition coefficient (Wildman–Crippen LogP) is 1.58. The molecule has 1 rings (SSSR count). The second-order valence-electron chi connectivity index (χ2n) is 3.58. The molecule has 5 heteroatoms. The van der Waals surface area contributed by atoms with Crippen LogP contribution in [0.4, 0.5) is 11.4 Å². The highest BCUT2D eigenvalue weighted by atomic mass is 16.5. The lowest BCUT2D eigenvalue weighted by atomic mass is 10.2. The summed E-state index contributed by atoms with van der Waals surface area (Å²) < 4.78 is 5.13. The largest absolute Gasteiger partial charge is 0.480 e. The van der Waals surface area contributed by atoms with Crippen molar-refractivity contribution in [3.05, 3.63) is 18.2 Å². The summed E-state index contributed by atoms with van der Waals surface area (Å²) in [4.78, 5) is 12.6. The number of hydrogen-bond acceptors (Lipinski definition) is 4. The number of carboxylic acids is 1. The van der Waals surface area contributed by atoms with Crippen LogP contribution in [0.25, 0.3) is 0 Å². The van der Waals surface area contributed by atoms with Gasteiger partial charge in [0.05, 0.1) is 5.69 Å². The molecule has 0 radical (unpaired) electrons. The number of aliphatic carboxylic acids is 1. The topological polar surface area (TPSA) is 75.8 Å². The molecule has 0 fully saturated rings. The molecule has 0 saturated carbocycles. The van der Waals surface area contributed by atoms with Crippen molar-refractivity contribution in [2.75, 3.05) is 30.3 Å². The standard InChI is InChI=1S/C12H18N2O3/c1-3-14(4-2)9-5-6-10(13)11(7-9)17-8-12(15)16/h5-7H,3-4,8,13H2,1-2H3,(H,15,16). The van der Waals surface area contributed by atoms with Crippen molar-refractivity contribution >= 4 is 17.3 Å². The lowest BCUT2D eigenvalue weighted by Gasteiger charge is -2.22. The van der Waals surface area contributed by atoms with E-state index in [0.29, 0.717) is 11.4 Å². The Morgan fingerprint density at radius 3 is 2.59 bits per heavy atom. The van der Waals surface area contributed by atoms with Gasteiger partial charge in [-0.15, -0.1) is 0 Å². The van der Waals surface area contributed by atoms with Crippen LogP contribution in [0.15, 0.2) is 18.2 Å². The Morgan fingerprint density at radius 2 is 2.06 bits per heavy atom. The third-order valence-electron chi connectivity index (χ3n) is 2.48. The molecular weight excluding hydrogens is 220 g/mol. The van der Waals surface area contributed by atoms with Crippen molar-refractivity contribution in [1.82, 2.24) is 0 Å². The molecule has 0 aromatic heterocycles. The van der Waals surface area contributed by atoms with Crippen LogP contribution < -0.4 is 15.4 Å². The second kappa shape index (κ2) is 5.98. The van der Waals surface area contributed by atoms with E-state index < -0.39 is 5.97 Å². The maximum Gasteiger partial charge on any atom is 0.341 e. The maximum atomic E-state index is 10.4. The van der Waals surface area contributed by atoms with Gasteiger partial charge < -0.3 is 20.5 Å². The number of nitrogens with zero attached hydrogens (tertiary/aromatic N) is 1. The van der Waals surface area contributed by atoms with Gasteiger partial charge in [0.1, 0.15) is 5.75 Å². The number of carboxylic acid groups (broad SMARTS) is 1. The molecule has 1 aromatic carbocycles. The fourth-order valence-electron chi connectivity index (χ4n) is 1.57. The molecule has 0 aliphatic heterocycles. The van der Waals surface area contributed by atoms with E-state index in [0.717, 1.165) is 18.8 Å². The van der Waals surface area contributed by atoms with Crippen molar-refractivity contribution in [3.8, 4) is 5.75 Å². The monoisotopic (exact) mass is 238 g/mol. The first kappa shape index (κ1) is 13.2. The van der Waals surface area contributed by atoms with E-state index in [1.807, 2.05) is 6.07 Å². The number of ether oxygens (including phenoxy) is 1. The van der Waals surface area contributed by atoms with Gasteiger partial charge in [-0.1, -0.05) is 0 Å². The molecule has 0 aliphatic rings. The van der Waals surface area contributed by atoms with Gasteiger partial charge in [0.25, 0.3) is 0 Å². The predicted molar refractivity (Wildman–Crippen MR) is 67.5 cm³/mol. The highest BCUT2D eigenvalue weighted by Crippen LogP contribution is 2.27. The lowest BCUT2D eigenvalue weighted by molar-refractivity contribution is -0.139. The molecule has 94 valence electrons. The van der Waals surface area contributed by atoms with Crippen molar-refractivity contribution in [2.24, 2.45) is 0 Å². The molecule has 0 amide bonds. The van der Waals surface area contributed by atoms with Gasteiger partial charge in [-0.2, -0.15) is 0 Å². The molecule has 0 heterocycles. The van der Waals surface area contributed by atoms with Gasteiger partial charge in [0, 0.05) is 24.8 Å². The molecule has 17 heavy (non-hydrogen) atoms. The Morgan fingerprint density at radius 1 is 1.41 bits per heavy atom. The average molecular weight is 238 g/mol. The normalized spacial score (nSPS) is 10.0. The Kier molecular flexibility index (Phi) is 4.63. The van der Waals surface area contributed by atoms with Crippen LogP contribution in [0, 0.1) is 0 Å². The van der Waals surface area contributed by atoms with Crippen molar-refractivity contribution < 1.29 is 14.6 Å². The zero-order chi connectivity index (χ0) is 12.8. The Balaban J connectivity index is 2.89. The van der Waals surface area contributed by atoms with E-state index in [-0.39, 0.29) is 6.61 Å². The fourth-order valence-corrected chi connectivity index (χ4v) is 1.57. The number of carbonyl (C=O) groups is 1. The molecule has 1 aromatic rings. The number of nitrogen functional groups attached to an aromatic ring is 1. The summed E-state index contributed by atoms with van der Waals surface area (Å²) in [5.41, 5.74) is 7.15. The summed E-state index contributed by atoms with van der Waals surface area (Å²) in [6.07, 6.45) is 0. The van der Waals surface area contributed by atoms with Gasteiger partial charge in [-0.25, -0.2) is 4.79 Å². The molecule has 0 bridgehead atoms. The quantitative estimate of drug-likeness (QED) is 0.736. The Bertz CT molecular complexity index is 389. The molecule has 0 aliphatic carbocycles. The smallest absolute Gasteiger partial charge is 0.341 e. The van der Waals surface area contributed by atoms with Gasteiger partial charge in [0.2, 0.25) is 0 Å². The Hall–Kier alpha value is -1.91. The van der Waals surface area contributed by atoms with Crippen LogP contribution in [0.1, 0.15) is 13.8 Å². The zero-order valence-corrected chi connectivity index (χ0v) is 10.1. The molecule has 0 saturated heterocycles. The highest BCUT2D eigenvalue weighted by molar-refractivity contribution is 5.69. The van der Waals surface area contributed by atoms with Gasteiger partial charge in [0.15, 0.2) is 6.61 Å². The zero-order valence-electron chi connectivity index (χ0n) is 10.1. The van der Waals surface area contributed by atoms with E-state index in [1.54, 1.807) is 12.1 Å². The third-order valence-corrected chi connectivity index (χ3v) is 2.48. The van der Waals surface area contributed by atoms with Gasteiger partial charge >= 0.3 is 5.97 Å². The van der Waals surface area contributed by atoms with Crippen molar-refractivity contribution in [1.29, 1.82) is 0 Å². The minimum atomic E-state index is -1.02. The number of anilines is 2. The molecule has 0 unspecified atom stereocenters. The SMILES string of the molecule is CCN(CC)c1ccc(N)c(OCC(=O)O)c1. The molecule has 0 atom stereocenters. The fraction of sp³-hybridized carbons (Fsp3) is 0.417. The number of nitrogens with two attached hydrogens (primary N) is 1. The maximum absolute atomic E-state index is 10.4. The van der Waals surface area contributed by atoms with Crippen LogP contribution in [0.5, 0.6) is 5.75 Å². The summed E-state index contributed by atoms with van der Waals surface area (Å²) in [6, 6.07) is 5.39. The molecule has 3 N–H and O–H groups in total. The summed E-state index contributed by atoms with van der Waals surface area (Å²) in [7, 11) is 0. The van der Waals surface area contributed by atoms with Crippen LogP contribution in [0.3, 0.4) is 0 Å². The van der Waals surface area contributed by atoms with E-state index >= 15 is 0 Å². The second-order valence-corrected chi connectivity index (χ2v) is 3.58. The first-order chi connectivity index (χ1) is 8.08. The first-order valence-electron chi connectivity index (χ1n) is 5.57.